The summed E-state index contributed by atoms with van der Waals surface area (Å²) >= 11 is 0. The molecule has 4 fully saturated rings. The number of halogens is 1. The van der Waals surface area contributed by atoms with E-state index in [4.69, 9.17) is 4.98 Å². The van der Waals surface area contributed by atoms with Gasteiger partial charge in [-0.2, -0.15) is 5.26 Å². The third kappa shape index (κ3) is 4.58. The maximum atomic E-state index is 15.3. The van der Waals surface area contributed by atoms with Crippen molar-refractivity contribution in [3.8, 4) is 6.07 Å². The third-order valence-corrected chi connectivity index (χ3v) is 9.42. The number of benzene rings is 1. The first kappa shape index (κ1) is 26.2. The van der Waals surface area contributed by atoms with Crippen LogP contribution in [-0.4, -0.2) is 80.1 Å². The number of anilines is 1. The van der Waals surface area contributed by atoms with Crippen molar-refractivity contribution in [1.29, 1.82) is 5.26 Å². The van der Waals surface area contributed by atoms with Crippen LogP contribution < -0.4 is 15.8 Å². The van der Waals surface area contributed by atoms with Gasteiger partial charge in [-0.1, -0.05) is 25.1 Å². The molecule has 1 aromatic carbocycles. The number of hydrogen-bond donors (Lipinski definition) is 2. The van der Waals surface area contributed by atoms with Gasteiger partial charge in [-0.25, -0.2) is 9.37 Å². The number of amides is 1. The molecule has 4 aliphatic rings. The Morgan fingerprint density at radius 3 is 2.90 bits per heavy atom. The Morgan fingerprint density at radius 2 is 2.13 bits per heavy atom. The van der Waals surface area contributed by atoms with Crippen molar-refractivity contribution in [2.24, 2.45) is 17.3 Å². The van der Waals surface area contributed by atoms with Crippen LogP contribution in [-0.2, 0) is 4.79 Å². The van der Waals surface area contributed by atoms with E-state index in [-0.39, 0.29) is 23.1 Å². The summed E-state index contributed by atoms with van der Waals surface area (Å²) in [7, 11) is 3.95. The number of hydrogen-bond acceptors (Lipinski definition) is 7. The highest BCUT2D eigenvalue weighted by molar-refractivity contribution is 5.89. The second-order valence-electron chi connectivity index (χ2n) is 12.4. The van der Waals surface area contributed by atoms with E-state index in [0.717, 1.165) is 49.8 Å². The molecular formula is C30H38FN7O. The first-order valence-corrected chi connectivity index (χ1v) is 14.2. The maximum Gasteiger partial charge on any atom is 0.246 e. The number of pyridine rings is 1. The Balaban J connectivity index is 1.32. The van der Waals surface area contributed by atoms with Crippen molar-refractivity contribution in [2.45, 2.75) is 38.1 Å². The lowest BCUT2D eigenvalue weighted by Crippen LogP contribution is -2.59. The van der Waals surface area contributed by atoms with Crippen LogP contribution in [0.4, 0.5) is 10.2 Å². The van der Waals surface area contributed by atoms with Crippen LogP contribution in [0.5, 0.6) is 0 Å². The van der Waals surface area contributed by atoms with Gasteiger partial charge in [-0.05, 0) is 62.7 Å². The molecule has 4 heterocycles. The third-order valence-electron chi connectivity index (χ3n) is 9.42. The number of nitrogens with one attached hydrogen (secondary N) is 2. The second-order valence-corrected chi connectivity index (χ2v) is 12.4. The largest absolute Gasteiger partial charge is 0.355 e. The van der Waals surface area contributed by atoms with E-state index in [1.54, 1.807) is 12.1 Å². The van der Waals surface area contributed by atoms with Gasteiger partial charge in [-0.15, -0.1) is 0 Å². The van der Waals surface area contributed by atoms with Crippen molar-refractivity contribution < 1.29 is 9.18 Å². The average molecular weight is 532 g/mol. The molecule has 4 unspecified atom stereocenters. The van der Waals surface area contributed by atoms with Crippen LogP contribution in [0.2, 0.25) is 0 Å². The van der Waals surface area contributed by atoms with E-state index in [1.807, 2.05) is 36.0 Å². The summed E-state index contributed by atoms with van der Waals surface area (Å²) in [6.07, 6.45) is 6.64. The number of para-hydroxylation sites is 1. The van der Waals surface area contributed by atoms with Gasteiger partial charge >= 0.3 is 0 Å². The fourth-order valence-electron chi connectivity index (χ4n) is 7.47. The van der Waals surface area contributed by atoms with Crippen LogP contribution in [0.15, 0.2) is 30.4 Å². The number of hydrazine groups is 1. The fourth-order valence-corrected chi connectivity index (χ4v) is 7.47. The molecule has 1 spiro atoms. The highest BCUT2D eigenvalue weighted by atomic mass is 19.1. The number of rotatable bonds is 5. The number of likely N-dealkylation sites (N-methyl/N-ethyl adjacent to an activating group) is 1. The summed E-state index contributed by atoms with van der Waals surface area (Å²) in [5.41, 5.74) is 8.66. The van der Waals surface area contributed by atoms with Crippen molar-refractivity contribution in [2.75, 3.05) is 58.3 Å². The molecule has 8 nitrogen and oxygen atoms in total. The molecule has 0 radical (unpaired) electrons. The molecule has 1 amide bonds. The van der Waals surface area contributed by atoms with Gasteiger partial charge in [-0.3, -0.25) is 15.6 Å². The van der Waals surface area contributed by atoms with Gasteiger partial charge in [0.2, 0.25) is 5.91 Å². The first-order valence-electron chi connectivity index (χ1n) is 14.2. The lowest BCUT2D eigenvalue weighted by Gasteiger charge is -2.47. The number of aromatic nitrogens is 1. The van der Waals surface area contributed by atoms with Crippen LogP contribution in [0.3, 0.4) is 0 Å². The van der Waals surface area contributed by atoms with E-state index in [2.05, 4.69) is 28.7 Å². The highest BCUT2D eigenvalue weighted by Gasteiger charge is 2.50. The smallest absolute Gasteiger partial charge is 0.246 e. The Labute approximate surface area is 229 Å². The van der Waals surface area contributed by atoms with E-state index in [9.17, 15) is 10.1 Å². The van der Waals surface area contributed by atoms with E-state index in [0.29, 0.717) is 54.4 Å². The molecule has 1 aromatic heterocycles. The van der Waals surface area contributed by atoms with E-state index in [1.165, 1.54) is 6.07 Å². The van der Waals surface area contributed by atoms with Crippen LogP contribution >= 0.6 is 0 Å². The predicted molar refractivity (Wildman–Crippen MR) is 150 cm³/mol. The summed E-state index contributed by atoms with van der Waals surface area (Å²) in [5, 5.41) is 11.3. The molecule has 39 heavy (non-hydrogen) atoms. The van der Waals surface area contributed by atoms with Gasteiger partial charge in [0.15, 0.2) is 0 Å². The van der Waals surface area contributed by atoms with Crippen LogP contribution in [0, 0.1) is 34.4 Å². The number of likely N-dealkylation sites (tertiary alicyclic amines) is 1. The Morgan fingerprint density at radius 1 is 1.31 bits per heavy atom. The zero-order chi connectivity index (χ0) is 27.3. The fraction of sp³-hybridized carbons (Fsp3) is 0.567. The minimum Gasteiger partial charge on any atom is -0.355 e. The molecule has 1 aliphatic carbocycles. The van der Waals surface area contributed by atoms with Crippen molar-refractivity contribution in [3.05, 3.63) is 47.3 Å². The molecule has 2 aromatic rings. The minimum atomic E-state index is -0.346. The lowest BCUT2D eigenvalue weighted by molar-refractivity contribution is -0.136. The summed E-state index contributed by atoms with van der Waals surface area (Å²) < 4.78 is 15.3. The second kappa shape index (κ2) is 10.2. The summed E-state index contributed by atoms with van der Waals surface area (Å²) in [4.78, 5) is 23.5. The van der Waals surface area contributed by atoms with Gasteiger partial charge in [0, 0.05) is 62.2 Å². The number of nitriles is 1. The van der Waals surface area contributed by atoms with E-state index >= 15 is 4.39 Å². The predicted octanol–water partition coefficient (Wildman–Crippen LogP) is 3.01. The summed E-state index contributed by atoms with van der Waals surface area (Å²) in [6.45, 7) is 6.69. The van der Waals surface area contributed by atoms with E-state index < -0.39 is 0 Å². The number of nitrogens with zero attached hydrogens (tertiary/aromatic N) is 5. The maximum absolute atomic E-state index is 15.3. The molecular weight excluding hydrogens is 493 g/mol. The van der Waals surface area contributed by atoms with Crippen molar-refractivity contribution in [3.63, 3.8) is 0 Å². The molecule has 6 rings (SSSR count). The quantitative estimate of drug-likeness (QED) is 0.574. The standard InChI is InChI=1S/C30H38FN7O/c1-19-9-10-24-22(15-33-35-24)26(19)27-20-6-4-7-23(31)28(20)34-29(21(27)14-32)37-13-11-30(16-37)17-38(18-30)25(39)8-5-12-36(2)3/h4-8,19,22,24,26,33,35H,9-13,15-18H2,1-3H3/b8-5+. The molecule has 9 heteroatoms. The molecule has 4 atom stereocenters. The Kier molecular flexibility index (Phi) is 6.82. The SMILES string of the molecule is CC1CCC2NNCC2C1c1c(C#N)c(N2CCC3(CN(C(=O)/C=C/CN(C)C)C3)C2)nc2c(F)cccc12. The van der Waals surface area contributed by atoms with Crippen molar-refractivity contribution >= 4 is 22.6 Å². The molecule has 206 valence electrons. The molecule has 0 bridgehead atoms. The topological polar surface area (TPSA) is 87.5 Å². The van der Waals surface area contributed by atoms with Gasteiger partial charge in [0.1, 0.15) is 23.2 Å². The van der Waals surface area contributed by atoms with Gasteiger partial charge in [0.05, 0.1) is 5.56 Å². The Bertz CT molecular complexity index is 1350. The summed E-state index contributed by atoms with van der Waals surface area (Å²) in [6, 6.07) is 8.00. The monoisotopic (exact) mass is 531 g/mol. The molecule has 2 N–H and O–H groups in total. The Hall–Kier alpha value is -3.06. The van der Waals surface area contributed by atoms with Crippen LogP contribution in [0.1, 0.15) is 43.2 Å². The minimum absolute atomic E-state index is 0.00761. The van der Waals surface area contributed by atoms with Gasteiger partial charge < -0.3 is 14.7 Å². The number of carbonyl (C=O) groups excluding carboxylic acids is 1. The highest BCUT2D eigenvalue weighted by Crippen LogP contribution is 2.49. The molecule has 1 saturated carbocycles. The summed E-state index contributed by atoms with van der Waals surface area (Å²) in [5.74, 6) is 1.14. The first-order chi connectivity index (χ1) is 18.8. The molecule has 3 aliphatic heterocycles. The van der Waals surface area contributed by atoms with Crippen LogP contribution in [0.25, 0.3) is 10.9 Å². The van der Waals surface area contributed by atoms with Gasteiger partial charge in [0.25, 0.3) is 0 Å². The number of fused-ring (bicyclic) bond motifs is 2. The number of carbonyl (C=O) groups is 1. The van der Waals surface area contributed by atoms with Crippen molar-refractivity contribution in [1.82, 2.24) is 25.6 Å². The zero-order valence-corrected chi connectivity index (χ0v) is 23.1. The average Bonchev–Trinajstić information content (AvgIpc) is 3.55. The zero-order valence-electron chi connectivity index (χ0n) is 23.1. The normalized spacial score (nSPS) is 27.9. The molecule has 3 saturated heterocycles. The lowest BCUT2D eigenvalue weighted by atomic mass is 9.66.